The first kappa shape index (κ1) is 15.9. The van der Waals surface area contributed by atoms with Gasteiger partial charge in [0.05, 0.1) is 6.61 Å². The first-order valence-corrected chi connectivity index (χ1v) is 6.41. The van der Waals surface area contributed by atoms with Gasteiger partial charge < -0.3 is 0 Å². The van der Waals surface area contributed by atoms with Crippen LogP contribution in [0.2, 0.25) is 0 Å². The van der Waals surface area contributed by atoms with Crippen LogP contribution >= 0.6 is 0 Å². The molecule has 3 nitrogen and oxygen atoms in total. The topological polar surface area (TPSA) is 38.3 Å². The van der Waals surface area contributed by atoms with E-state index in [1.165, 1.54) is 25.7 Å². The number of nitrogens with one attached hydrogen (secondary N) is 1. The van der Waals surface area contributed by atoms with Crippen LogP contribution in [0.25, 0.3) is 0 Å². The highest BCUT2D eigenvalue weighted by Gasteiger charge is 1.98. The number of carbonyl (C=O) groups is 1. The smallest absolute Gasteiger partial charge is 0.269 e. The monoisotopic (exact) mass is 239 g/mol. The molecule has 0 unspecified atom stereocenters. The number of amides is 1. The maximum atomic E-state index is 11.0. The van der Waals surface area contributed by atoms with Gasteiger partial charge >= 0.3 is 0 Å². The van der Waals surface area contributed by atoms with Gasteiger partial charge in [-0.25, -0.2) is 5.48 Å². The van der Waals surface area contributed by atoms with Crippen LogP contribution in [0.3, 0.4) is 0 Å². The van der Waals surface area contributed by atoms with Crippen molar-refractivity contribution >= 4 is 5.91 Å². The molecule has 0 saturated heterocycles. The predicted octanol–water partition coefficient (Wildman–Crippen LogP) is 3.53. The van der Waals surface area contributed by atoms with Gasteiger partial charge in [-0.05, 0) is 26.2 Å². The minimum absolute atomic E-state index is 0.256. The molecule has 0 aromatic rings. The van der Waals surface area contributed by atoms with Crippen molar-refractivity contribution in [3.63, 3.8) is 0 Å². The normalized spacial score (nSPS) is 10.7. The van der Waals surface area contributed by atoms with E-state index in [-0.39, 0.29) is 5.91 Å². The summed E-state index contributed by atoms with van der Waals surface area (Å²) < 4.78 is 0. The lowest BCUT2D eigenvalue weighted by atomic mass is 10.1. The summed E-state index contributed by atoms with van der Waals surface area (Å²) in [6, 6.07) is 0. The lowest BCUT2D eigenvalue weighted by Crippen LogP contribution is -2.24. The summed E-state index contributed by atoms with van der Waals surface area (Å²) in [6.45, 7) is 7.88. The van der Waals surface area contributed by atoms with Gasteiger partial charge in [-0.2, -0.15) is 0 Å². The number of allylic oxidation sites excluding steroid dienone is 1. The Morgan fingerprint density at radius 2 is 1.94 bits per heavy atom. The number of hydroxylamine groups is 1. The summed E-state index contributed by atoms with van der Waals surface area (Å²) in [5.74, 6) is -0.256. The second kappa shape index (κ2) is 11.4. The van der Waals surface area contributed by atoms with Crippen molar-refractivity contribution in [3.8, 4) is 0 Å². The molecule has 0 fully saturated rings. The Morgan fingerprint density at radius 3 is 2.59 bits per heavy atom. The molecule has 0 saturated carbocycles. The van der Waals surface area contributed by atoms with Crippen molar-refractivity contribution in [2.75, 3.05) is 6.61 Å². The van der Waals surface area contributed by atoms with E-state index in [0.29, 0.717) is 12.2 Å². The van der Waals surface area contributed by atoms with Crippen LogP contribution in [-0.4, -0.2) is 12.5 Å². The van der Waals surface area contributed by atoms with Crippen molar-refractivity contribution in [1.82, 2.24) is 5.48 Å². The number of hydrogen-bond donors (Lipinski definition) is 1. The van der Waals surface area contributed by atoms with Crippen molar-refractivity contribution in [2.45, 2.75) is 52.4 Å². The van der Waals surface area contributed by atoms with E-state index in [1.807, 2.05) is 0 Å². The molecule has 1 N–H and O–H groups in total. The molecule has 0 atom stereocenters. The zero-order valence-electron chi connectivity index (χ0n) is 11.1. The fourth-order valence-corrected chi connectivity index (χ4v) is 1.26. The zero-order valence-corrected chi connectivity index (χ0v) is 11.1. The van der Waals surface area contributed by atoms with Crippen molar-refractivity contribution in [3.05, 3.63) is 24.3 Å². The van der Waals surface area contributed by atoms with E-state index in [4.69, 9.17) is 4.84 Å². The lowest BCUT2D eigenvalue weighted by Gasteiger charge is -2.03. The fourth-order valence-electron chi connectivity index (χ4n) is 1.26. The van der Waals surface area contributed by atoms with E-state index >= 15 is 0 Å². The van der Waals surface area contributed by atoms with Crippen LogP contribution in [0.15, 0.2) is 24.3 Å². The van der Waals surface area contributed by atoms with Crippen molar-refractivity contribution in [2.24, 2.45) is 0 Å². The SMILES string of the molecule is C=C(C)C(=O)NOCC/C=C/CCCCCC. The highest BCUT2D eigenvalue weighted by molar-refractivity contribution is 5.91. The molecule has 0 radical (unpaired) electrons. The quantitative estimate of drug-likeness (QED) is 0.274. The van der Waals surface area contributed by atoms with Gasteiger partial charge in [-0.3, -0.25) is 9.63 Å². The Kier molecular flexibility index (Phi) is 10.7. The molecule has 0 aromatic heterocycles. The molecule has 0 aliphatic rings. The Hall–Kier alpha value is -1.09. The summed E-state index contributed by atoms with van der Waals surface area (Å²) in [6.07, 6.45) is 11.4. The Balaban J connectivity index is 3.25. The van der Waals surface area contributed by atoms with Crippen LogP contribution < -0.4 is 5.48 Å². The van der Waals surface area contributed by atoms with E-state index in [2.05, 4.69) is 31.1 Å². The van der Waals surface area contributed by atoms with Crippen LogP contribution in [0.1, 0.15) is 52.4 Å². The number of rotatable bonds is 10. The minimum atomic E-state index is -0.256. The largest absolute Gasteiger partial charge is 0.273 e. The molecule has 0 aromatic carbocycles. The maximum Gasteiger partial charge on any atom is 0.269 e. The molecule has 98 valence electrons. The van der Waals surface area contributed by atoms with Gasteiger partial charge in [-0.15, -0.1) is 0 Å². The van der Waals surface area contributed by atoms with Crippen LogP contribution in [0.4, 0.5) is 0 Å². The first-order chi connectivity index (χ1) is 8.18. The molecule has 3 heteroatoms. The van der Waals surface area contributed by atoms with Gasteiger partial charge in [0, 0.05) is 5.57 Å². The van der Waals surface area contributed by atoms with Crippen molar-refractivity contribution < 1.29 is 9.63 Å². The average molecular weight is 239 g/mol. The molecule has 0 bridgehead atoms. The Morgan fingerprint density at radius 1 is 1.24 bits per heavy atom. The molecule has 17 heavy (non-hydrogen) atoms. The van der Waals surface area contributed by atoms with Gasteiger partial charge in [0.2, 0.25) is 0 Å². The van der Waals surface area contributed by atoms with Gasteiger partial charge in [0.1, 0.15) is 0 Å². The third kappa shape index (κ3) is 11.2. The summed E-state index contributed by atoms with van der Waals surface area (Å²) in [5.41, 5.74) is 2.78. The third-order valence-electron chi connectivity index (χ3n) is 2.33. The van der Waals surface area contributed by atoms with Crippen LogP contribution in [-0.2, 0) is 9.63 Å². The van der Waals surface area contributed by atoms with E-state index < -0.39 is 0 Å². The molecule has 0 aliphatic carbocycles. The molecule has 0 rings (SSSR count). The summed E-state index contributed by atoms with van der Waals surface area (Å²) in [7, 11) is 0. The molecule has 0 spiro atoms. The van der Waals surface area contributed by atoms with E-state index in [9.17, 15) is 4.79 Å². The second-order valence-corrected chi connectivity index (χ2v) is 4.17. The van der Waals surface area contributed by atoms with E-state index in [0.717, 1.165) is 12.8 Å². The lowest BCUT2D eigenvalue weighted by molar-refractivity contribution is -0.129. The third-order valence-corrected chi connectivity index (χ3v) is 2.33. The maximum absolute atomic E-state index is 11.0. The number of hydrogen-bond acceptors (Lipinski definition) is 2. The minimum Gasteiger partial charge on any atom is -0.273 e. The highest BCUT2D eigenvalue weighted by atomic mass is 16.6. The molecular formula is C14H25NO2. The standard InChI is InChI=1S/C14H25NO2/c1-4-5-6-7-8-9-10-11-12-17-15-14(16)13(2)3/h9-10H,2,4-8,11-12H2,1,3H3,(H,15,16)/b10-9+. The second-order valence-electron chi connectivity index (χ2n) is 4.17. The highest BCUT2D eigenvalue weighted by Crippen LogP contribution is 2.03. The van der Waals surface area contributed by atoms with Gasteiger partial charge in [0.15, 0.2) is 0 Å². The zero-order chi connectivity index (χ0) is 12.9. The molecule has 0 heterocycles. The van der Waals surface area contributed by atoms with E-state index in [1.54, 1.807) is 6.92 Å². The summed E-state index contributed by atoms with van der Waals surface area (Å²) in [5, 5.41) is 0. The number of carbonyl (C=O) groups excluding carboxylic acids is 1. The van der Waals surface area contributed by atoms with Gasteiger partial charge in [0.25, 0.3) is 5.91 Å². The van der Waals surface area contributed by atoms with Gasteiger partial charge in [-0.1, -0.05) is 44.9 Å². The first-order valence-electron chi connectivity index (χ1n) is 6.41. The number of unbranched alkanes of at least 4 members (excludes halogenated alkanes) is 4. The molecule has 1 amide bonds. The fraction of sp³-hybridized carbons (Fsp3) is 0.643. The molecule has 0 aliphatic heterocycles. The Labute approximate surface area is 105 Å². The Bertz CT molecular complexity index is 247. The van der Waals surface area contributed by atoms with Crippen LogP contribution in [0.5, 0.6) is 0 Å². The van der Waals surface area contributed by atoms with Crippen LogP contribution in [0, 0.1) is 0 Å². The summed E-state index contributed by atoms with van der Waals surface area (Å²) >= 11 is 0. The molecular weight excluding hydrogens is 214 g/mol. The average Bonchev–Trinajstić information content (AvgIpc) is 2.31. The summed E-state index contributed by atoms with van der Waals surface area (Å²) in [4.78, 5) is 16.0. The van der Waals surface area contributed by atoms with Crippen molar-refractivity contribution in [1.29, 1.82) is 0 Å². The predicted molar refractivity (Wildman–Crippen MR) is 71.4 cm³/mol.